The summed E-state index contributed by atoms with van der Waals surface area (Å²) in [6.45, 7) is 4.26. The third-order valence-corrected chi connectivity index (χ3v) is 1.19. The fourth-order valence-electron chi connectivity index (χ4n) is 0.636. The van der Waals surface area contributed by atoms with Crippen LogP contribution in [-0.2, 0) is 9.36 Å². The molecule has 0 unspecified atom stereocenters. The predicted octanol–water partition coefficient (Wildman–Crippen LogP) is 0.236. The SMILES string of the molecule is C=CCCN(CB=O)N=BOC. The summed E-state index contributed by atoms with van der Waals surface area (Å²) < 4.78 is 14.8. The van der Waals surface area contributed by atoms with Crippen LogP contribution in [0.5, 0.6) is 0 Å². The first kappa shape index (κ1) is 11.1. The summed E-state index contributed by atoms with van der Waals surface area (Å²) in [5.74, 6) is 0. The third kappa shape index (κ3) is 5.82. The quantitative estimate of drug-likeness (QED) is 0.308. The third-order valence-electron chi connectivity index (χ3n) is 1.19. The molecule has 0 aromatic carbocycles. The van der Waals surface area contributed by atoms with E-state index in [1.54, 1.807) is 11.1 Å². The molecule has 0 fully saturated rings. The van der Waals surface area contributed by atoms with Gasteiger partial charge in [-0.2, -0.15) is 0 Å². The standard InChI is InChI=1S/C6H12B2N2O2/c1-3-4-5-10(6-7-11)9-8-12-2/h3H,1,4-6H2,2H3. The van der Waals surface area contributed by atoms with Crippen LogP contribution >= 0.6 is 0 Å². The summed E-state index contributed by atoms with van der Waals surface area (Å²) in [6.07, 6.45) is 2.86. The molecule has 0 atom stereocenters. The van der Waals surface area contributed by atoms with E-state index in [0.29, 0.717) is 6.54 Å². The van der Waals surface area contributed by atoms with Crippen molar-refractivity contribution in [3.8, 4) is 0 Å². The molecule has 0 aromatic heterocycles. The van der Waals surface area contributed by atoms with E-state index in [0.717, 1.165) is 13.6 Å². The fraction of sp³-hybridized carbons (Fsp3) is 0.667. The molecule has 0 aliphatic heterocycles. The van der Waals surface area contributed by atoms with Crippen LogP contribution in [0.2, 0.25) is 0 Å². The van der Waals surface area contributed by atoms with Crippen molar-refractivity contribution >= 4 is 14.4 Å². The summed E-state index contributed by atoms with van der Waals surface area (Å²) >= 11 is 0. The summed E-state index contributed by atoms with van der Waals surface area (Å²) in [5.41, 5.74) is 0. The molecule has 0 heterocycles. The van der Waals surface area contributed by atoms with Gasteiger partial charge in [0.1, 0.15) is 0 Å². The van der Waals surface area contributed by atoms with Gasteiger partial charge in [0.15, 0.2) is 0 Å². The molecule has 0 bridgehead atoms. The molecule has 4 nitrogen and oxygen atoms in total. The van der Waals surface area contributed by atoms with Gasteiger partial charge in [0.2, 0.25) is 0 Å². The van der Waals surface area contributed by atoms with Crippen LogP contribution in [0.1, 0.15) is 6.42 Å². The molecular formula is C6H12B2N2O2. The van der Waals surface area contributed by atoms with Crippen molar-refractivity contribution < 1.29 is 9.36 Å². The fourth-order valence-corrected chi connectivity index (χ4v) is 0.636. The first-order chi connectivity index (χ1) is 5.85. The van der Waals surface area contributed by atoms with Crippen LogP contribution in [0.25, 0.3) is 0 Å². The molecule has 0 spiro atoms. The number of hydrogen-bond acceptors (Lipinski definition) is 4. The van der Waals surface area contributed by atoms with E-state index >= 15 is 0 Å². The second-order valence-corrected chi connectivity index (χ2v) is 2.11. The van der Waals surface area contributed by atoms with Gasteiger partial charge in [0.05, 0.1) is 0 Å². The Labute approximate surface area is 73.8 Å². The normalized spacial score (nSPS) is 8.75. The number of nitrogens with zero attached hydrogens (tertiary/aromatic N) is 2. The Morgan fingerprint density at radius 3 is 3.00 bits per heavy atom. The monoisotopic (exact) mass is 166 g/mol. The molecular weight excluding hydrogens is 154 g/mol. The van der Waals surface area contributed by atoms with Crippen LogP contribution in [0.15, 0.2) is 17.7 Å². The van der Waals surface area contributed by atoms with Crippen molar-refractivity contribution in [1.82, 2.24) is 5.01 Å². The van der Waals surface area contributed by atoms with Gasteiger partial charge in [-0.3, -0.25) is 0 Å². The maximum atomic E-state index is 10.2. The summed E-state index contributed by atoms with van der Waals surface area (Å²) in [6, 6.07) is 0. The number of hydrogen-bond donors (Lipinski definition) is 0. The molecule has 0 N–H and O–H groups in total. The van der Waals surface area contributed by atoms with Crippen LogP contribution in [-0.4, -0.2) is 39.5 Å². The Balaban J connectivity index is 3.75. The van der Waals surface area contributed by atoms with Crippen molar-refractivity contribution in [2.24, 2.45) is 5.00 Å². The average Bonchev–Trinajstić information content (AvgIpc) is 2.10. The van der Waals surface area contributed by atoms with E-state index < -0.39 is 0 Å². The zero-order chi connectivity index (χ0) is 9.23. The Bertz CT molecular complexity index is 164. The van der Waals surface area contributed by atoms with Crippen molar-refractivity contribution in [2.45, 2.75) is 6.42 Å². The zero-order valence-electron chi connectivity index (χ0n) is 7.27. The van der Waals surface area contributed by atoms with Gasteiger partial charge in [-0.15, -0.1) is 0 Å². The molecule has 12 heavy (non-hydrogen) atoms. The molecule has 0 amide bonds. The van der Waals surface area contributed by atoms with E-state index in [1.165, 1.54) is 14.4 Å². The maximum absolute atomic E-state index is 10.2. The van der Waals surface area contributed by atoms with Gasteiger partial charge < -0.3 is 0 Å². The molecule has 6 heteroatoms. The average molecular weight is 166 g/mol. The predicted molar refractivity (Wildman–Crippen MR) is 48.0 cm³/mol. The first-order valence-corrected chi connectivity index (χ1v) is 3.70. The molecule has 0 rings (SSSR count). The van der Waals surface area contributed by atoms with Gasteiger partial charge in [-0.05, 0) is 0 Å². The first-order valence-electron chi connectivity index (χ1n) is 3.70. The van der Waals surface area contributed by atoms with E-state index in [1.807, 2.05) is 0 Å². The molecule has 0 saturated heterocycles. The van der Waals surface area contributed by atoms with Crippen molar-refractivity contribution in [3.05, 3.63) is 12.7 Å². The van der Waals surface area contributed by atoms with Crippen LogP contribution in [0, 0.1) is 0 Å². The van der Waals surface area contributed by atoms with Gasteiger partial charge >= 0.3 is 73.0 Å². The summed E-state index contributed by atoms with van der Waals surface area (Å²) in [4.78, 5) is 0. The second-order valence-electron chi connectivity index (χ2n) is 2.11. The topological polar surface area (TPSA) is 41.9 Å². The Hall–Kier alpha value is -0.930. The minimum absolute atomic E-state index is 0.285. The van der Waals surface area contributed by atoms with Crippen LogP contribution in [0.4, 0.5) is 0 Å². The van der Waals surface area contributed by atoms with Crippen LogP contribution in [0.3, 0.4) is 0 Å². The Morgan fingerprint density at radius 2 is 2.50 bits per heavy atom. The van der Waals surface area contributed by atoms with Crippen molar-refractivity contribution in [2.75, 3.05) is 20.1 Å². The summed E-state index contributed by atoms with van der Waals surface area (Å²) in [7, 11) is 3.61. The van der Waals surface area contributed by atoms with Gasteiger partial charge in [-0.1, -0.05) is 0 Å². The molecule has 0 aliphatic rings. The van der Waals surface area contributed by atoms with Gasteiger partial charge in [-0.25, -0.2) is 0 Å². The van der Waals surface area contributed by atoms with E-state index in [9.17, 15) is 4.70 Å². The van der Waals surface area contributed by atoms with E-state index in [4.69, 9.17) is 0 Å². The Kier molecular flexibility index (Phi) is 7.54. The number of rotatable bonds is 7. The molecule has 0 radical (unpaired) electrons. The van der Waals surface area contributed by atoms with E-state index in [2.05, 4.69) is 16.2 Å². The Morgan fingerprint density at radius 1 is 1.75 bits per heavy atom. The van der Waals surface area contributed by atoms with Crippen LogP contribution < -0.4 is 0 Å². The molecule has 64 valence electrons. The zero-order valence-corrected chi connectivity index (χ0v) is 7.27. The van der Waals surface area contributed by atoms with Gasteiger partial charge in [0.25, 0.3) is 0 Å². The molecule has 0 saturated carbocycles. The van der Waals surface area contributed by atoms with Crippen molar-refractivity contribution in [1.29, 1.82) is 0 Å². The second kappa shape index (κ2) is 8.17. The minimum atomic E-state index is 0.285. The van der Waals surface area contributed by atoms with Crippen molar-refractivity contribution in [3.63, 3.8) is 0 Å². The summed E-state index contributed by atoms with van der Waals surface area (Å²) in [5, 5.41) is 5.49. The van der Waals surface area contributed by atoms with E-state index in [-0.39, 0.29) is 6.44 Å². The molecule has 0 aromatic rings. The van der Waals surface area contributed by atoms with Gasteiger partial charge in [0, 0.05) is 0 Å². The molecule has 0 aliphatic carbocycles.